The van der Waals surface area contributed by atoms with Gasteiger partial charge in [-0.3, -0.25) is 9.59 Å². The Morgan fingerprint density at radius 3 is 2.47 bits per heavy atom. The molecular formula is C11H16INO4. The first kappa shape index (κ1) is 16.1. The number of hydrogen-bond donors (Lipinski definition) is 1. The summed E-state index contributed by atoms with van der Waals surface area (Å²) in [4.78, 5) is 32.9. The van der Waals surface area contributed by atoms with Crippen LogP contribution in [0.25, 0.3) is 0 Å². The van der Waals surface area contributed by atoms with Crippen molar-refractivity contribution in [1.82, 2.24) is 5.32 Å². The van der Waals surface area contributed by atoms with E-state index in [9.17, 15) is 14.4 Å². The van der Waals surface area contributed by atoms with Gasteiger partial charge in [0.15, 0.2) is 0 Å². The van der Waals surface area contributed by atoms with E-state index in [0.29, 0.717) is 16.5 Å². The van der Waals surface area contributed by atoms with E-state index in [4.69, 9.17) is 4.74 Å². The quantitative estimate of drug-likeness (QED) is 0.244. The van der Waals surface area contributed by atoms with E-state index >= 15 is 0 Å². The summed E-state index contributed by atoms with van der Waals surface area (Å²) in [5.74, 6) is -0.563. The van der Waals surface area contributed by atoms with Crippen molar-refractivity contribution in [2.75, 3.05) is 17.6 Å². The van der Waals surface area contributed by atoms with E-state index in [0.717, 1.165) is 0 Å². The van der Waals surface area contributed by atoms with Crippen LogP contribution in [0.4, 0.5) is 0 Å². The number of Topliss-reactive ketones (excluding diaryl/α,β-unsaturated/α-hetero) is 1. The van der Waals surface area contributed by atoms with Crippen molar-refractivity contribution in [3.05, 3.63) is 11.6 Å². The molecule has 6 heteroatoms. The molecule has 0 aromatic carbocycles. The standard InChI is InChI=1S/C11H16INO4/c1-8(3-4-9(2)14)11(16)17-6-5-13-10(15)7-12/h3H,4-7H2,1-2H3,(H,13,15)/b8-3+. The third-order valence-corrected chi connectivity index (χ3v) is 2.49. The van der Waals surface area contributed by atoms with Crippen LogP contribution in [0, 0.1) is 0 Å². The van der Waals surface area contributed by atoms with Gasteiger partial charge in [0.2, 0.25) is 5.91 Å². The summed E-state index contributed by atoms with van der Waals surface area (Å²) in [5, 5.41) is 2.58. The maximum absolute atomic E-state index is 11.4. The van der Waals surface area contributed by atoms with Gasteiger partial charge < -0.3 is 10.1 Å². The number of hydrogen-bond acceptors (Lipinski definition) is 4. The minimum Gasteiger partial charge on any atom is -0.460 e. The van der Waals surface area contributed by atoms with Gasteiger partial charge in [-0.25, -0.2) is 4.79 Å². The van der Waals surface area contributed by atoms with Gasteiger partial charge >= 0.3 is 5.97 Å². The molecule has 0 rings (SSSR count). The van der Waals surface area contributed by atoms with Crippen LogP contribution in [-0.2, 0) is 19.1 Å². The highest BCUT2D eigenvalue weighted by Crippen LogP contribution is 1.99. The summed E-state index contributed by atoms with van der Waals surface area (Å²) in [7, 11) is 0. The zero-order valence-corrected chi connectivity index (χ0v) is 12.1. The van der Waals surface area contributed by atoms with Crippen molar-refractivity contribution in [2.24, 2.45) is 0 Å². The largest absolute Gasteiger partial charge is 0.460 e. The van der Waals surface area contributed by atoms with Crippen LogP contribution in [-0.4, -0.2) is 35.2 Å². The third kappa shape index (κ3) is 8.84. The van der Waals surface area contributed by atoms with Crippen LogP contribution < -0.4 is 5.32 Å². The lowest BCUT2D eigenvalue weighted by molar-refractivity contribution is -0.139. The molecule has 1 amide bonds. The van der Waals surface area contributed by atoms with Crippen LogP contribution in [0.5, 0.6) is 0 Å². The number of alkyl halides is 1. The first-order valence-electron chi connectivity index (χ1n) is 5.13. The smallest absolute Gasteiger partial charge is 0.333 e. The Bertz CT molecular complexity index is 325. The van der Waals surface area contributed by atoms with Crippen LogP contribution in [0.1, 0.15) is 20.3 Å². The summed E-state index contributed by atoms with van der Waals surface area (Å²) in [6.07, 6.45) is 1.76. The van der Waals surface area contributed by atoms with Gasteiger partial charge in [0.25, 0.3) is 0 Å². The Morgan fingerprint density at radius 1 is 1.29 bits per heavy atom. The van der Waals surface area contributed by atoms with Crippen LogP contribution in [0.15, 0.2) is 11.6 Å². The second-order valence-corrected chi connectivity index (χ2v) is 4.18. The minimum absolute atomic E-state index is 0.00791. The molecule has 0 aliphatic heterocycles. The fraction of sp³-hybridized carbons (Fsp3) is 0.545. The highest BCUT2D eigenvalue weighted by Gasteiger charge is 2.05. The second kappa shape index (κ2) is 9.15. The zero-order chi connectivity index (χ0) is 13.3. The van der Waals surface area contributed by atoms with Gasteiger partial charge in [0, 0.05) is 12.0 Å². The normalized spacial score (nSPS) is 10.9. The molecule has 0 aliphatic carbocycles. The SMILES string of the molecule is CC(=O)C/C=C(\C)C(=O)OCCNC(=O)CI. The molecule has 0 spiro atoms. The van der Waals surface area contributed by atoms with Crippen molar-refractivity contribution in [3.8, 4) is 0 Å². The summed E-state index contributed by atoms with van der Waals surface area (Å²) < 4.78 is 5.27. The van der Waals surface area contributed by atoms with Gasteiger partial charge in [-0.2, -0.15) is 0 Å². The van der Waals surface area contributed by atoms with Crippen molar-refractivity contribution in [1.29, 1.82) is 0 Å². The fourth-order valence-electron chi connectivity index (χ4n) is 0.875. The Morgan fingerprint density at radius 2 is 1.94 bits per heavy atom. The van der Waals surface area contributed by atoms with Crippen molar-refractivity contribution in [3.63, 3.8) is 0 Å². The molecule has 0 unspecified atom stereocenters. The fourth-order valence-corrected chi connectivity index (χ4v) is 1.15. The second-order valence-electron chi connectivity index (χ2n) is 3.41. The Kier molecular flexibility index (Phi) is 8.65. The van der Waals surface area contributed by atoms with E-state index in [1.165, 1.54) is 13.0 Å². The predicted octanol–water partition coefficient (Wildman–Crippen LogP) is 1.01. The highest BCUT2D eigenvalue weighted by molar-refractivity contribution is 14.1. The number of rotatable bonds is 7. The number of ketones is 1. The Hall–Kier alpha value is -0.920. The third-order valence-electron chi connectivity index (χ3n) is 1.80. The summed E-state index contributed by atoms with van der Waals surface area (Å²) in [6, 6.07) is 0. The molecule has 0 radical (unpaired) electrons. The van der Waals surface area contributed by atoms with Crippen LogP contribution in [0.2, 0.25) is 0 Å². The Balaban J connectivity index is 3.82. The minimum atomic E-state index is -0.463. The predicted molar refractivity (Wildman–Crippen MR) is 71.9 cm³/mol. The zero-order valence-electron chi connectivity index (χ0n) is 9.92. The number of amides is 1. The van der Waals surface area contributed by atoms with E-state index in [1.54, 1.807) is 6.92 Å². The lowest BCUT2D eigenvalue weighted by atomic mass is 10.2. The molecule has 0 atom stereocenters. The molecule has 96 valence electrons. The number of nitrogens with one attached hydrogen (secondary N) is 1. The van der Waals surface area contributed by atoms with Gasteiger partial charge in [-0.05, 0) is 13.8 Å². The van der Waals surface area contributed by atoms with E-state index < -0.39 is 5.97 Å². The first-order valence-corrected chi connectivity index (χ1v) is 6.66. The molecule has 5 nitrogen and oxygen atoms in total. The number of allylic oxidation sites excluding steroid dienone is 1. The van der Waals surface area contributed by atoms with Crippen LogP contribution in [0.3, 0.4) is 0 Å². The molecule has 1 N–H and O–H groups in total. The summed E-state index contributed by atoms with van der Waals surface area (Å²) in [6.45, 7) is 3.48. The monoisotopic (exact) mass is 353 g/mol. The average Bonchev–Trinajstić information content (AvgIpc) is 2.30. The van der Waals surface area contributed by atoms with E-state index in [2.05, 4.69) is 5.32 Å². The molecular weight excluding hydrogens is 337 g/mol. The molecule has 0 saturated carbocycles. The molecule has 0 heterocycles. The first-order chi connectivity index (χ1) is 7.97. The van der Waals surface area contributed by atoms with Crippen molar-refractivity contribution in [2.45, 2.75) is 20.3 Å². The number of esters is 1. The maximum atomic E-state index is 11.4. The van der Waals surface area contributed by atoms with Gasteiger partial charge in [0.05, 0.1) is 11.0 Å². The molecule has 0 bridgehead atoms. The number of carbonyl (C=O) groups excluding carboxylic acids is 3. The highest BCUT2D eigenvalue weighted by atomic mass is 127. The van der Waals surface area contributed by atoms with Crippen LogP contribution >= 0.6 is 22.6 Å². The summed E-state index contributed by atoms with van der Waals surface area (Å²) in [5.41, 5.74) is 0.403. The topological polar surface area (TPSA) is 72.5 Å². The van der Waals surface area contributed by atoms with Gasteiger partial charge in [-0.15, -0.1) is 0 Å². The molecule has 0 aromatic heterocycles. The number of ether oxygens (including phenoxy) is 1. The van der Waals surface area contributed by atoms with E-state index in [1.807, 2.05) is 22.6 Å². The van der Waals surface area contributed by atoms with E-state index in [-0.39, 0.29) is 24.7 Å². The number of halogens is 1. The van der Waals surface area contributed by atoms with Gasteiger partial charge in [0.1, 0.15) is 12.4 Å². The Labute approximate surface area is 114 Å². The summed E-state index contributed by atoms with van der Waals surface area (Å²) >= 11 is 1.95. The van der Waals surface area contributed by atoms with Crippen molar-refractivity contribution >= 4 is 40.3 Å². The molecule has 0 aliphatic rings. The van der Waals surface area contributed by atoms with Crippen molar-refractivity contribution < 1.29 is 19.1 Å². The average molecular weight is 353 g/mol. The molecule has 0 aromatic rings. The maximum Gasteiger partial charge on any atom is 0.333 e. The lowest BCUT2D eigenvalue weighted by Gasteiger charge is -2.05. The molecule has 0 saturated heterocycles. The lowest BCUT2D eigenvalue weighted by Crippen LogP contribution is -2.28. The van der Waals surface area contributed by atoms with Gasteiger partial charge in [-0.1, -0.05) is 28.7 Å². The molecule has 17 heavy (non-hydrogen) atoms. The number of carbonyl (C=O) groups is 3. The molecule has 0 fully saturated rings.